The summed E-state index contributed by atoms with van der Waals surface area (Å²) in [7, 11) is 0. The molecule has 2 aromatic carbocycles. The van der Waals surface area contributed by atoms with Crippen LogP contribution < -0.4 is 0 Å². The summed E-state index contributed by atoms with van der Waals surface area (Å²) in [6.45, 7) is -0.768. The predicted molar refractivity (Wildman–Crippen MR) is 116 cm³/mol. The zero-order valence-electron chi connectivity index (χ0n) is 15.9. The van der Waals surface area contributed by atoms with Crippen LogP contribution in [0.1, 0.15) is 11.1 Å². The van der Waals surface area contributed by atoms with Gasteiger partial charge in [-0.15, -0.1) is 23.5 Å². The van der Waals surface area contributed by atoms with E-state index in [-0.39, 0.29) is 0 Å². The van der Waals surface area contributed by atoms with Crippen LogP contribution in [0.2, 0.25) is 0 Å². The largest absolute Gasteiger partial charge is 0.394 e. The van der Waals surface area contributed by atoms with Crippen molar-refractivity contribution >= 4 is 23.5 Å². The van der Waals surface area contributed by atoms with E-state index in [2.05, 4.69) is 0 Å². The summed E-state index contributed by atoms with van der Waals surface area (Å²) in [5, 5.41) is 59.5. The molecule has 0 aliphatic heterocycles. The highest BCUT2D eigenvalue weighted by molar-refractivity contribution is 8.16. The maximum Gasteiger partial charge on any atom is 0.111 e. The second kappa shape index (κ2) is 12.6. The maximum atomic E-state index is 10.7. The van der Waals surface area contributed by atoms with Gasteiger partial charge in [-0.2, -0.15) is 0 Å². The van der Waals surface area contributed by atoms with Crippen LogP contribution in [0.4, 0.5) is 0 Å². The highest BCUT2D eigenvalue weighted by atomic mass is 32.2. The fourth-order valence-electron chi connectivity index (χ4n) is 2.65. The molecule has 0 heterocycles. The molecular formula is C21H28O6S2. The van der Waals surface area contributed by atoms with Crippen LogP contribution in [0, 0.1) is 0 Å². The Morgan fingerprint density at radius 3 is 1.41 bits per heavy atom. The van der Waals surface area contributed by atoms with Crippen LogP contribution in [0.5, 0.6) is 0 Å². The molecule has 6 N–H and O–H groups in total. The third-order valence-corrected chi connectivity index (χ3v) is 7.46. The fourth-order valence-corrected chi connectivity index (χ4v) is 5.26. The van der Waals surface area contributed by atoms with Gasteiger partial charge in [0.05, 0.1) is 11.2 Å². The lowest BCUT2D eigenvalue weighted by atomic mass is 10.0. The quantitative estimate of drug-likeness (QED) is 0.270. The van der Waals surface area contributed by atoms with Crippen molar-refractivity contribution in [3.63, 3.8) is 0 Å². The summed E-state index contributed by atoms with van der Waals surface area (Å²) in [6.07, 6.45) is -8.25. The van der Waals surface area contributed by atoms with E-state index in [0.717, 1.165) is 11.1 Å². The molecule has 0 aliphatic rings. The highest BCUT2D eigenvalue weighted by Crippen LogP contribution is 2.34. The summed E-state index contributed by atoms with van der Waals surface area (Å²) >= 11 is 2.84. The van der Waals surface area contributed by atoms with Gasteiger partial charge in [-0.05, 0) is 11.1 Å². The van der Waals surface area contributed by atoms with Crippen molar-refractivity contribution in [3.05, 3.63) is 71.8 Å². The van der Waals surface area contributed by atoms with E-state index in [1.165, 1.54) is 23.5 Å². The molecule has 6 nitrogen and oxygen atoms in total. The number of aliphatic hydroxyl groups excluding tert-OH is 6. The van der Waals surface area contributed by atoms with Crippen molar-refractivity contribution < 1.29 is 30.6 Å². The van der Waals surface area contributed by atoms with E-state index in [4.69, 9.17) is 5.11 Å². The van der Waals surface area contributed by atoms with E-state index >= 15 is 0 Å². The SMILES string of the molecule is OCC(O)C(O)C(O)C(O)C(O)C(SCc1ccccc1)SCc1ccccc1. The zero-order chi connectivity index (χ0) is 21.2. The third kappa shape index (κ3) is 7.58. The Morgan fingerprint density at radius 1 is 0.586 bits per heavy atom. The first kappa shape index (κ1) is 24.2. The van der Waals surface area contributed by atoms with Crippen LogP contribution in [0.15, 0.2) is 60.7 Å². The van der Waals surface area contributed by atoms with E-state index < -0.39 is 41.7 Å². The molecule has 5 atom stereocenters. The number of hydrogen-bond donors (Lipinski definition) is 6. The lowest BCUT2D eigenvalue weighted by Crippen LogP contribution is -2.51. The molecular weight excluding hydrogens is 412 g/mol. The maximum absolute atomic E-state index is 10.7. The van der Waals surface area contributed by atoms with Gasteiger partial charge in [0.15, 0.2) is 0 Å². The lowest BCUT2D eigenvalue weighted by molar-refractivity contribution is -0.137. The lowest BCUT2D eigenvalue weighted by Gasteiger charge is -2.32. The van der Waals surface area contributed by atoms with Gasteiger partial charge in [0, 0.05) is 11.5 Å². The van der Waals surface area contributed by atoms with Crippen LogP contribution in [0.3, 0.4) is 0 Å². The van der Waals surface area contributed by atoms with Crippen LogP contribution in [-0.2, 0) is 11.5 Å². The Balaban J connectivity index is 2.06. The molecule has 5 unspecified atom stereocenters. The van der Waals surface area contributed by atoms with Crippen LogP contribution in [0.25, 0.3) is 0 Å². The summed E-state index contributed by atoms with van der Waals surface area (Å²) in [4.78, 5) is 0. The molecule has 0 amide bonds. The van der Waals surface area contributed by atoms with Gasteiger partial charge in [0.25, 0.3) is 0 Å². The molecule has 29 heavy (non-hydrogen) atoms. The topological polar surface area (TPSA) is 121 Å². The molecule has 2 aromatic rings. The number of aliphatic hydroxyl groups is 6. The van der Waals surface area contributed by atoms with E-state index in [0.29, 0.717) is 11.5 Å². The highest BCUT2D eigenvalue weighted by Gasteiger charge is 2.37. The Morgan fingerprint density at radius 2 is 1.00 bits per heavy atom. The summed E-state index contributed by atoms with van der Waals surface area (Å²) in [6, 6.07) is 19.4. The van der Waals surface area contributed by atoms with Crippen molar-refractivity contribution in [1.82, 2.24) is 0 Å². The van der Waals surface area contributed by atoms with Gasteiger partial charge in [0.2, 0.25) is 0 Å². The fraction of sp³-hybridized carbons (Fsp3) is 0.429. The molecule has 0 radical (unpaired) electrons. The summed E-state index contributed by atoms with van der Waals surface area (Å²) < 4.78 is -0.501. The molecule has 0 saturated heterocycles. The van der Waals surface area contributed by atoms with Gasteiger partial charge in [-0.1, -0.05) is 60.7 Å². The second-order valence-electron chi connectivity index (χ2n) is 6.67. The zero-order valence-corrected chi connectivity index (χ0v) is 17.5. The molecule has 8 heteroatoms. The molecule has 0 aromatic heterocycles. The Hall–Kier alpha value is -1.10. The molecule has 160 valence electrons. The first-order valence-corrected chi connectivity index (χ1v) is 11.4. The van der Waals surface area contributed by atoms with Crippen molar-refractivity contribution in [2.45, 2.75) is 46.6 Å². The van der Waals surface area contributed by atoms with Crippen molar-refractivity contribution in [1.29, 1.82) is 0 Å². The average molecular weight is 441 g/mol. The first-order valence-electron chi connectivity index (χ1n) is 9.26. The molecule has 0 spiro atoms. The molecule has 0 aliphatic carbocycles. The number of hydrogen-bond acceptors (Lipinski definition) is 8. The van der Waals surface area contributed by atoms with Crippen molar-refractivity contribution in [2.24, 2.45) is 0 Å². The first-order chi connectivity index (χ1) is 13.9. The third-order valence-electron chi connectivity index (χ3n) is 4.42. The minimum Gasteiger partial charge on any atom is -0.394 e. The smallest absolute Gasteiger partial charge is 0.111 e. The number of benzene rings is 2. The Labute approximate surface area is 179 Å². The second-order valence-corrected chi connectivity index (χ2v) is 9.23. The van der Waals surface area contributed by atoms with Crippen LogP contribution in [-0.4, -0.2) is 72.3 Å². The standard InChI is InChI=1S/C21H28O6S2/c22-11-16(23)17(24)18(25)19(26)20(27)21(28-12-14-7-3-1-4-8-14)29-13-15-9-5-2-6-10-15/h1-10,16-27H,11-13H2. The molecule has 2 rings (SSSR count). The van der Waals surface area contributed by atoms with E-state index in [9.17, 15) is 25.5 Å². The Kier molecular flexibility index (Phi) is 10.5. The minimum atomic E-state index is -1.80. The molecule has 0 bridgehead atoms. The van der Waals surface area contributed by atoms with Gasteiger partial charge < -0.3 is 30.6 Å². The monoisotopic (exact) mass is 440 g/mol. The normalized spacial score (nSPS) is 16.9. The Bertz CT molecular complexity index is 647. The van der Waals surface area contributed by atoms with E-state index in [1.807, 2.05) is 60.7 Å². The van der Waals surface area contributed by atoms with Gasteiger partial charge in [-0.3, -0.25) is 0 Å². The van der Waals surface area contributed by atoms with Crippen LogP contribution >= 0.6 is 23.5 Å². The van der Waals surface area contributed by atoms with Gasteiger partial charge >= 0.3 is 0 Å². The number of rotatable bonds is 12. The minimum absolute atomic E-state index is 0.501. The average Bonchev–Trinajstić information content (AvgIpc) is 2.78. The molecule has 0 fully saturated rings. The van der Waals surface area contributed by atoms with Crippen molar-refractivity contribution in [2.75, 3.05) is 6.61 Å². The van der Waals surface area contributed by atoms with Gasteiger partial charge in [0.1, 0.15) is 30.5 Å². The number of thioether (sulfide) groups is 2. The molecule has 0 saturated carbocycles. The summed E-state index contributed by atoms with van der Waals surface area (Å²) in [5.41, 5.74) is 2.11. The van der Waals surface area contributed by atoms with E-state index in [1.54, 1.807) is 0 Å². The summed E-state index contributed by atoms with van der Waals surface area (Å²) in [5.74, 6) is 1.18. The van der Waals surface area contributed by atoms with Gasteiger partial charge in [-0.25, -0.2) is 0 Å². The van der Waals surface area contributed by atoms with Crippen molar-refractivity contribution in [3.8, 4) is 0 Å². The predicted octanol–water partition coefficient (Wildman–Crippen LogP) is 0.976.